The number of aryl methyl sites for hydroxylation is 1. The minimum atomic E-state index is -0.628. The number of hydrogen-bond donors (Lipinski definition) is 2. The van der Waals surface area contributed by atoms with E-state index >= 15 is 0 Å². The van der Waals surface area contributed by atoms with E-state index in [-0.39, 0.29) is 23.8 Å². The van der Waals surface area contributed by atoms with E-state index in [1.807, 2.05) is 34.6 Å². The standard InChI is InChI=1S/C17H25N3O3/c1-9(2)12-7-11(14-10(3)20-23-16(14)19-12)15(22)18-8-13(21)17(4,5)6/h7,9,13,21H,8H2,1-6H3,(H,18,22). The summed E-state index contributed by atoms with van der Waals surface area (Å²) in [6.07, 6.45) is -0.628. The third kappa shape index (κ3) is 3.69. The van der Waals surface area contributed by atoms with E-state index in [2.05, 4.69) is 15.5 Å². The highest BCUT2D eigenvalue weighted by Crippen LogP contribution is 2.25. The summed E-state index contributed by atoms with van der Waals surface area (Å²) >= 11 is 0. The molecule has 0 spiro atoms. The summed E-state index contributed by atoms with van der Waals surface area (Å²) in [5.74, 6) is -0.0922. The second-order valence-corrected chi connectivity index (χ2v) is 7.29. The maximum atomic E-state index is 12.6. The third-order valence-electron chi connectivity index (χ3n) is 3.93. The molecule has 2 heterocycles. The topological polar surface area (TPSA) is 88.2 Å². The van der Waals surface area contributed by atoms with Gasteiger partial charge in [0.15, 0.2) is 0 Å². The smallest absolute Gasteiger partial charge is 0.259 e. The molecule has 0 aliphatic carbocycles. The molecule has 6 nitrogen and oxygen atoms in total. The summed E-state index contributed by atoms with van der Waals surface area (Å²) in [7, 11) is 0. The van der Waals surface area contributed by atoms with Crippen molar-refractivity contribution in [3.63, 3.8) is 0 Å². The van der Waals surface area contributed by atoms with Gasteiger partial charge in [0.2, 0.25) is 0 Å². The summed E-state index contributed by atoms with van der Waals surface area (Å²) in [5.41, 5.74) is 1.96. The molecule has 0 fully saturated rings. The van der Waals surface area contributed by atoms with Crippen molar-refractivity contribution >= 4 is 17.0 Å². The van der Waals surface area contributed by atoms with Gasteiger partial charge in [-0.15, -0.1) is 0 Å². The van der Waals surface area contributed by atoms with Crippen LogP contribution in [0, 0.1) is 12.3 Å². The Balaban J connectivity index is 2.34. The number of rotatable bonds is 4. The molecule has 0 aliphatic heterocycles. The van der Waals surface area contributed by atoms with Crippen molar-refractivity contribution < 1.29 is 14.4 Å². The Kier molecular flexibility index (Phi) is 4.75. The third-order valence-corrected chi connectivity index (χ3v) is 3.93. The van der Waals surface area contributed by atoms with Crippen molar-refractivity contribution in [2.75, 3.05) is 6.54 Å². The molecule has 0 bridgehead atoms. The van der Waals surface area contributed by atoms with Crippen LogP contribution in [-0.4, -0.2) is 33.8 Å². The fraction of sp³-hybridized carbons (Fsp3) is 0.588. The number of aliphatic hydroxyl groups excluding tert-OH is 1. The molecule has 0 aliphatic rings. The minimum absolute atomic E-state index is 0.163. The lowest BCUT2D eigenvalue weighted by Gasteiger charge is -2.26. The van der Waals surface area contributed by atoms with Crippen LogP contribution < -0.4 is 5.32 Å². The van der Waals surface area contributed by atoms with Crippen molar-refractivity contribution in [2.45, 2.75) is 53.6 Å². The van der Waals surface area contributed by atoms with E-state index < -0.39 is 6.10 Å². The van der Waals surface area contributed by atoms with Crippen molar-refractivity contribution in [1.82, 2.24) is 15.5 Å². The van der Waals surface area contributed by atoms with Gasteiger partial charge in [0, 0.05) is 12.2 Å². The molecule has 1 atom stereocenters. The monoisotopic (exact) mass is 319 g/mol. The number of carbonyl (C=O) groups is 1. The predicted molar refractivity (Wildman–Crippen MR) is 88.4 cm³/mol. The molecule has 126 valence electrons. The lowest BCUT2D eigenvalue weighted by atomic mass is 9.89. The maximum absolute atomic E-state index is 12.6. The van der Waals surface area contributed by atoms with E-state index in [1.165, 1.54) is 0 Å². The van der Waals surface area contributed by atoms with Gasteiger partial charge in [0.05, 0.1) is 22.7 Å². The quantitative estimate of drug-likeness (QED) is 0.904. The number of amides is 1. The van der Waals surface area contributed by atoms with E-state index in [4.69, 9.17) is 4.52 Å². The molecular weight excluding hydrogens is 294 g/mol. The molecule has 2 aromatic rings. The summed E-state index contributed by atoms with van der Waals surface area (Å²) in [4.78, 5) is 17.0. The summed E-state index contributed by atoms with van der Waals surface area (Å²) in [5, 5.41) is 17.4. The van der Waals surface area contributed by atoms with Gasteiger partial charge in [-0.25, -0.2) is 4.98 Å². The van der Waals surface area contributed by atoms with Crippen molar-refractivity contribution in [3.05, 3.63) is 23.0 Å². The highest BCUT2D eigenvalue weighted by atomic mass is 16.5. The average Bonchev–Trinajstić information content (AvgIpc) is 2.84. The van der Waals surface area contributed by atoms with Gasteiger partial charge in [0.25, 0.3) is 11.6 Å². The molecule has 1 amide bonds. The maximum Gasteiger partial charge on any atom is 0.259 e. The van der Waals surface area contributed by atoms with Crippen molar-refractivity contribution in [3.8, 4) is 0 Å². The second-order valence-electron chi connectivity index (χ2n) is 7.29. The number of carbonyl (C=O) groups excluding carboxylic acids is 1. The zero-order valence-corrected chi connectivity index (χ0v) is 14.6. The first-order valence-corrected chi connectivity index (χ1v) is 7.84. The van der Waals surface area contributed by atoms with Crippen LogP contribution >= 0.6 is 0 Å². The van der Waals surface area contributed by atoms with Crippen LogP contribution in [0.1, 0.15) is 62.3 Å². The van der Waals surface area contributed by atoms with Crippen LogP contribution in [-0.2, 0) is 0 Å². The first-order chi connectivity index (χ1) is 10.6. The van der Waals surface area contributed by atoms with Crippen LogP contribution in [0.5, 0.6) is 0 Å². The van der Waals surface area contributed by atoms with Gasteiger partial charge in [-0.3, -0.25) is 4.79 Å². The molecule has 0 radical (unpaired) electrons. The zero-order chi connectivity index (χ0) is 17.4. The molecule has 0 saturated heterocycles. The Labute approximate surface area is 136 Å². The van der Waals surface area contributed by atoms with Gasteiger partial charge in [-0.1, -0.05) is 39.8 Å². The number of fused-ring (bicyclic) bond motifs is 1. The molecule has 0 saturated carbocycles. The Morgan fingerprint density at radius 1 is 1.39 bits per heavy atom. The predicted octanol–water partition coefficient (Wildman–Crippen LogP) is 2.79. The van der Waals surface area contributed by atoms with Gasteiger partial charge < -0.3 is 14.9 Å². The average molecular weight is 319 g/mol. The van der Waals surface area contributed by atoms with E-state index in [1.54, 1.807) is 13.0 Å². The largest absolute Gasteiger partial charge is 0.391 e. The first kappa shape index (κ1) is 17.4. The highest BCUT2D eigenvalue weighted by molar-refractivity contribution is 6.06. The van der Waals surface area contributed by atoms with Crippen molar-refractivity contribution in [2.24, 2.45) is 5.41 Å². The normalized spacial score (nSPS) is 13.6. The molecule has 1 unspecified atom stereocenters. The number of pyridine rings is 1. The first-order valence-electron chi connectivity index (χ1n) is 7.84. The summed E-state index contributed by atoms with van der Waals surface area (Å²) in [6, 6.07) is 1.77. The van der Waals surface area contributed by atoms with Crippen LogP contribution in [0.2, 0.25) is 0 Å². The minimum Gasteiger partial charge on any atom is -0.391 e. The molecule has 6 heteroatoms. The molecule has 23 heavy (non-hydrogen) atoms. The number of nitrogens with one attached hydrogen (secondary N) is 1. The zero-order valence-electron chi connectivity index (χ0n) is 14.6. The number of hydrogen-bond acceptors (Lipinski definition) is 5. The van der Waals surface area contributed by atoms with Crippen LogP contribution in [0.3, 0.4) is 0 Å². The van der Waals surface area contributed by atoms with Gasteiger partial charge in [0.1, 0.15) is 0 Å². The SMILES string of the molecule is Cc1noc2nc(C(C)C)cc(C(=O)NCC(O)C(C)(C)C)c12. The molecular formula is C17H25N3O3. The highest BCUT2D eigenvalue weighted by Gasteiger charge is 2.24. The van der Waals surface area contributed by atoms with Crippen LogP contribution in [0.15, 0.2) is 10.6 Å². The van der Waals surface area contributed by atoms with E-state index in [0.29, 0.717) is 22.4 Å². The molecule has 2 N–H and O–H groups in total. The Bertz CT molecular complexity index is 714. The number of aliphatic hydroxyl groups is 1. The number of aromatic nitrogens is 2. The van der Waals surface area contributed by atoms with Crippen molar-refractivity contribution in [1.29, 1.82) is 0 Å². The lowest BCUT2D eigenvalue weighted by molar-refractivity contribution is 0.0587. The summed E-state index contributed by atoms with van der Waals surface area (Å²) < 4.78 is 5.22. The molecule has 2 rings (SSSR count). The van der Waals surface area contributed by atoms with Crippen LogP contribution in [0.25, 0.3) is 11.1 Å². The van der Waals surface area contributed by atoms with Gasteiger partial charge in [-0.05, 0) is 24.3 Å². The van der Waals surface area contributed by atoms with E-state index in [0.717, 1.165) is 5.69 Å². The lowest BCUT2D eigenvalue weighted by Crippen LogP contribution is -2.39. The van der Waals surface area contributed by atoms with E-state index in [9.17, 15) is 9.90 Å². The molecule has 2 aromatic heterocycles. The fourth-order valence-electron chi connectivity index (χ4n) is 2.18. The Morgan fingerprint density at radius 3 is 2.61 bits per heavy atom. The number of nitrogens with zero attached hydrogens (tertiary/aromatic N) is 2. The second kappa shape index (κ2) is 6.28. The van der Waals surface area contributed by atoms with Crippen LogP contribution in [0.4, 0.5) is 0 Å². The van der Waals surface area contributed by atoms with Gasteiger partial charge >= 0.3 is 0 Å². The fourth-order valence-corrected chi connectivity index (χ4v) is 2.18. The van der Waals surface area contributed by atoms with Gasteiger partial charge in [-0.2, -0.15) is 0 Å². The molecule has 0 aromatic carbocycles. The Hall–Kier alpha value is -1.95. The Morgan fingerprint density at radius 2 is 2.04 bits per heavy atom. The summed E-state index contributed by atoms with van der Waals surface area (Å²) in [6.45, 7) is 11.8.